The third kappa shape index (κ3) is 44.0. The molecule has 0 amide bonds. The number of carboxylic acid groups (broad SMARTS) is 1. The standard InChI is InChI=1S/C56H97NO7/c1-6-8-10-12-14-16-18-20-22-24-25-26-27-28-29-31-33-35-37-39-41-43-45-47-55(59)64-52(50-62-49-48-53(56(60)61)57(3,4)5)51-63-54(58)46-44-42-40-38-36-34-32-30-23-21-19-17-15-13-11-9-7-2/h9,11,13,15,17,19,21,23,30,32,34,36,52-53H,6-8,10,12,14,16,18,20,22,24-29,31,33,35,37-51H2,1-5H3/b11-9+,15-13+,19-17+,23-21+,32-30+,36-34+. The summed E-state index contributed by atoms with van der Waals surface area (Å²) in [6.07, 6.45) is 59.4. The number of carbonyl (C=O) groups is 3. The van der Waals surface area contributed by atoms with E-state index < -0.39 is 18.1 Å². The molecule has 0 bridgehead atoms. The first-order valence-corrected chi connectivity index (χ1v) is 26.0. The van der Waals surface area contributed by atoms with Crippen molar-refractivity contribution >= 4 is 17.9 Å². The number of likely N-dealkylation sites (N-methyl/N-ethyl adjacent to an activating group) is 1. The Hall–Kier alpha value is -3.23. The first-order valence-electron chi connectivity index (χ1n) is 26.0. The predicted octanol–water partition coefficient (Wildman–Crippen LogP) is 13.8. The highest BCUT2D eigenvalue weighted by Gasteiger charge is 2.25. The molecular weight excluding hydrogens is 799 g/mol. The van der Waals surface area contributed by atoms with Gasteiger partial charge in [0.2, 0.25) is 0 Å². The second kappa shape index (κ2) is 46.3. The van der Waals surface area contributed by atoms with Crippen molar-refractivity contribution in [3.63, 3.8) is 0 Å². The van der Waals surface area contributed by atoms with E-state index in [-0.39, 0.29) is 42.7 Å². The molecule has 0 aliphatic carbocycles. The second-order valence-electron chi connectivity index (χ2n) is 18.5. The van der Waals surface area contributed by atoms with Crippen molar-refractivity contribution in [2.75, 3.05) is 41.0 Å². The van der Waals surface area contributed by atoms with E-state index in [2.05, 4.69) is 26.0 Å². The van der Waals surface area contributed by atoms with Crippen LogP contribution in [0.3, 0.4) is 0 Å². The summed E-state index contributed by atoms with van der Waals surface area (Å²) in [5.74, 6) is -1.79. The quantitative estimate of drug-likeness (QED) is 0.0259. The van der Waals surface area contributed by atoms with Crippen LogP contribution < -0.4 is 5.11 Å². The Morgan fingerprint density at radius 2 is 0.875 bits per heavy atom. The van der Waals surface area contributed by atoms with Gasteiger partial charge in [-0.3, -0.25) is 9.59 Å². The van der Waals surface area contributed by atoms with E-state index in [0.717, 1.165) is 51.4 Å². The topological polar surface area (TPSA) is 102 Å². The summed E-state index contributed by atoms with van der Waals surface area (Å²) in [6, 6.07) is -0.736. The maximum absolute atomic E-state index is 12.8. The minimum atomic E-state index is -1.13. The van der Waals surface area contributed by atoms with E-state index in [0.29, 0.717) is 12.8 Å². The monoisotopic (exact) mass is 896 g/mol. The summed E-state index contributed by atoms with van der Waals surface area (Å²) in [7, 11) is 5.40. The van der Waals surface area contributed by atoms with Crippen LogP contribution in [0.1, 0.15) is 213 Å². The molecule has 0 aliphatic rings. The van der Waals surface area contributed by atoms with Crippen molar-refractivity contribution in [2.45, 2.75) is 225 Å². The number of carbonyl (C=O) groups excluding carboxylic acids is 3. The number of esters is 2. The van der Waals surface area contributed by atoms with Crippen molar-refractivity contribution in [2.24, 2.45) is 0 Å². The van der Waals surface area contributed by atoms with Crippen LogP contribution >= 0.6 is 0 Å². The smallest absolute Gasteiger partial charge is 0.306 e. The van der Waals surface area contributed by atoms with Crippen LogP contribution in [0, 0.1) is 0 Å². The fourth-order valence-electron chi connectivity index (χ4n) is 7.52. The van der Waals surface area contributed by atoms with E-state index in [1.165, 1.54) is 128 Å². The van der Waals surface area contributed by atoms with E-state index >= 15 is 0 Å². The summed E-state index contributed by atoms with van der Waals surface area (Å²) in [6.45, 7) is 4.49. The van der Waals surface area contributed by atoms with Crippen molar-refractivity contribution in [3.05, 3.63) is 72.9 Å². The molecule has 0 spiro atoms. The molecule has 368 valence electrons. The molecule has 0 heterocycles. The Morgan fingerprint density at radius 1 is 0.484 bits per heavy atom. The summed E-state index contributed by atoms with van der Waals surface area (Å²) in [5.41, 5.74) is 0. The van der Waals surface area contributed by atoms with Crippen LogP contribution in [-0.2, 0) is 28.6 Å². The summed E-state index contributed by atoms with van der Waals surface area (Å²) in [5, 5.41) is 11.7. The SMILES string of the molecule is CC/C=C/C=C/C=C/C=C/C=C/C=C/CCCCCC(=O)OCC(COCCC(C(=O)[O-])[N+](C)(C)C)OC(=O)CCCCCCCCCCCCCCCCCCCCCCCCC. The Labute approximate surface area is 393 Å². The van der Waals surface area contributed by atoms with E-state index in [9.17, 15) is 19.5 Å². The number of carboxylic acids is 1. The van der Waals surface area contributed by atoms with Crippen molar-refractivity contribution < 1.29 is 38.2 Å². The van der Waals surface area contributed by atoms with Crippen LogP contribution in [-0.4, -0.2) is 75.5 Å². The highest BCUT2D eigenvalue weighted by atomic mass is 16.6. The Kier molecular flexibility index (Phi) is 44.0. The van der Waals surface area contributed by atoms with Gasteiger partial charge in [0.05, 0.1) is 40.3 Å². The third-order valence-electron chi connectivity index (χ3n) is 11.5. The zero-order valence-electron chi connectivity index (χ0n) is 41.9. The molecular formula is C56H97NO7. The van der Waals surface area contributed by atoms with Gasteiger partial charge < -0.3 is 28.6 Å². The van der Waals surface area contributed by atoms with Gasteiger partial charge in [-0.15, -0.1) is 0 Å². The van der Waals surface area contributed by atoms with E-state index in [4.69, 9.17) is 14.2 Å². The van der Waals surface area contributed by atoms with Gasteiger partial charge in [0.1, 0.15) is 12.6 Å². The molecule has 0 radical (unpaired) electrons. The molecule has 0 saturated carbocycles. The molecule has 0 saturated heterocycles. The lowest BCUT2D eigenvalue weighted by molar-refractivity contribution is -0.889. The first-order chi connectivity index (χ1) is 31.1. The van der Waals surface area contributed by atoms with E-state index in [1.54, 1.807) is 21.1 Å². The molecule has 0 aliphatic heterocycles. The zero-order chi connectivity index (χ0) is 47.0. The number of allylic oxidation sites excluding steroid dienone is 12. The fourth-order valence-corrected chi connectivity index (χ4v) is 7.52. The largest absolute Gasteiger partial charge is 0.544 e. The lowest BCUT2D eigenvalue weighted by Gasteiger charge is -2.34. The molecule has 0 N–H and O–H groups in total. The molecule has 8 nitrogen and oxygen atoms in total. The van der Waals surface area contributed by atoms with Gasteiger partial charge in [-0.05, 0) is 32.1 Å². The average molecular weight is 896 g/mol. The molecule has 0 rings (SSSR count). The molecule has 2 atom stereocenters. The Bertz CT molecular complexity index is 1270. The van der Waals surface area contributed by atoms with Crippen molar-refractivity contribution in [3.8, 4) is 0 Å². The molecule has 0 aromatic rings. The fraction of sp³-hybridized carbons (Fsp3) is 0.732. The highest BCUT2D eigenvalue weighted by molar-refractivity contribution is 5.70. The number of nitrogens with zero attached hydrogens (tertiary/aromatic N) is 1. The van der Waals surface area contributed by atoms with Crippen LogP contribution in [0.5, 0.6) is 0 Å². The molecule has 0 aromatic heterocycles. The summed E-state index contributed by atoms with van der Waals surface area (Å²) in [4.78, 5) is 37.0. The van der Waals surface area contributed by atoms with Gasteiger partial charge in [0, 0.05) is 19.3 Å². The normalized spacial score (nSPS) is 13.5. The van der Waals surface area contributed by atoms with Gasteiger partial charge in [0.15, 0.2) is 6.10 Å². The number of rotatable bonds is 46. The third-order valence-corrected chi connectivity index (χ3v) is 11.5. The highest BCUT2D eigenvalue weighted by Crippen LogP contribution is 2.16. The molecule has 0 aromatic carbocycles. The van der Waals surface area contributed by atoms with Gasteiger partial charge in [0.25, 0.3) is 0 Å². The maximum Gasteiger partial charge on any atom is 0.306 e. The Balaban J connectivity index is 4.27. The number of ether oxygens (including phenoxy) is 3. The zero-order valence-corrected chi connectivity index (χ0v) is 41.9. The lowest BCUT2D eigenvalue weighted by Crippen LogP contribution is -2.55. The number of hydrogen-bond acceptors (Lipinski definition) is 7. The van der Waals surface area contributed by atoms with Gasteiger partial charge in [-0.2, -0.15) is 0 Å². The van der Waals surface area contributed by atoms with Crippen LogP contribution in [0.25, 0.3) is 0 Å². The van der Waals surface area contributed by atoms with Crippen molar-refractivity contribution in [1.29, 1.82) is 0 Å². The maximum atomic E-state index is 12.8. The van der Waals surface area contributed by atoms with Crippen LogP contribution in [0.15, 0.2) is 72.9 Å². The number of hydrogen-bond donors (Lipinski definition) is 0. The molecule has 0 fully saturated rings. The number of aliphatic carboxylic acids is 1. The number of unbranched alkanes of at least 4 members (excludes halogenated alkanes) is 25. The summed E-state index contributed by atoms with van der Waals surface area (Å²) < 4.78 is 17.2. The molecule has 8 heteroatoms. The average Bonchev–Trinajstić information content (AvgIpc) is 3.26. The minimum Gasteiger partial charge on any atom is -0.544 e. The van der Waals surface area contributed by atoms with Crippen molar-refractivity contribution in [1.82, 2.24) is 0 Å². The molecule has 2 unspecified atom stereocenters. The minimum absolute atomic E-state index is 0.0247. The first kappa shape index (κ1) is 60.8. The summed E-state index contributed by atoms with van der Waals surface area (Å²) >= 11 is 0. The van der Waals surface area contributed by atoms with Gasteiger partial charge >= 0.3 is 11.9 Å². The lowest BCUT2D eigenvalue weighted by atomic mass is 10.0. The Morgan fingerprint density at radius 3 is 1.30 bits per heavy atom. The van der Waals surface area contributed by atoms with Crippen LogP contribution in [0.4, 0.5) is 0 Å². The second-order valence-corrected chi connectivity index (χ2v) is 18.5. The molecule has 64 heavy (non-hydrogen) atoms. The van der Waals surface area contributed by atoms with Crippen LogP contribution in [0.2, 0.25) is 0 Å². The van der Waals surface area contributed by atoms with E-state index in [1.807, 2.05) is 60.8 Å². The van der Waals surface area contributed by atoms with Gasteiger partial charge in [-0.25, -0.2) is 0 Å². The predicted molar refractivity (Wildman–Crippen MR) is 268 cm³/mol. The van der Waals surface area contributed by atoms with Gasteiger partial charge in [-0.1, -0.05) is 234 Å². The number of quaternary nitrogens is 1.